The molecule has 0 aromatic carbocycles. The minimum Gasteiger partial charge on any atom is -0.385 e. The quantitative estimate of drug-likeness (QED) is 0.827. The summed E-state index contributed by atoms with van der Waals surface area (Å²) in [4.78, 5) is 8.17. The Morgan fingerprint density at radius 2 is 2.06 bits per heavy atom. The van der Waals surface area contributed by atoms with Gasteiger partial charge in [-0.1, -0.05) is 0 Å². The van der Waals surface area contributed by atoms with E-state index in [1.807, 2.05) is 26.2 Å². The van der Waals surface area contributed by atoms with Crippen LogP contribution in [0, 0.1) is 6.92 Å². The molecule has 1 N–H and O–H groups in total. The SMILES string of the molecule is Cc1cnc(C(O)Cc2ccn(C)n2)nc1. The molecule has 0 radical (unpaired) electrons. The van der Waals surface area contributed by atoms with Crippen molar-refractivity contribution in [3.63, 3.8) is 0 Å². The van der Waals surface area contributed by atoms with E-state index in [0.29, 0.717) is 12.2 Å². The summed E-state index contributed by atoms with van der Waals surface area (Å²) in [5.41, 5.74) is 1.81. The van der Waals surface area contributed by atoms with Gasteiger partial charge >= 0.3 is 0 Å². The average Bonchev–Trinajstić information content (AvgIpc) is 2.65. The number of nitrogens with zero attached hydrogens (tertiary/aromatic N) is 4. The first-order chi connectivity index (χ1) is 7.65. The van der Waals surface area contributed by atoms with Crippen LogP contribution in [0.15, 0.2) is 24.7 Å². The van der Waals surface area contributed by atoms with Gasteiger partial charge in [-0.05, 0) is 18.6 Å². The zero-order valence-electron chi connectivity index (χ0n) is 9.33. The van der Waals surface area contributed by atoms with Gasteiger partial charge in [0.25, 0.3) is 0 Å². The third-order valence-electron chi connectivity index (χ3n) is 2.27. The summed E-state index contributed by atoms with van der Waals surface area (Å²) in [6.07, 6.45) is 4.98. The fourth-order valence-corrected chi connectivity index (χ4v) is 1.44. The molecule has 16 heavy (non-hydrogen) atoms. The van der Waals surface area contributed by atoms with Crippen LogP contribution in [-0.4, -0.2) is 24.9 Å². The largest absolute Gasteiger partial charge is 0.385 e. The van der Waals surface area contributed by atoms with Crippen molar-refractivity contribution >= 4 is 0 Å². The molecule has 84 valence electrons. The molecule has 0 amide bonds. The first-order valence-corrected chi connectivity index (χ1v) is 5.10. The van der Waals surface area contributed by atoms with Crippen LogP contribution < -0.4 is 0 Å². The fourth-order valence-electron chi connectivity index (χ4n) is 1.44. The van der Waals surface area contributed by atoms with Gasteiger partial charge in [-0.25, -0.2) is 9.97 Å². The molecule has 0 aliphatic carbocycles. The third kappa shape index (κ3) is 2.43. The van der Waals surface area contributed by atoms with E-state index in [1.54, 1.807) is 17.1 Å². The van der Waals surface area contributed by atoms with Gasteiger partial charge in [0, 0.05) is 32.1 Å². The van der Waals surface area contributed by atoms with E-state index in [9.17, 15) is 5.11 Å². The Morgan fingerprint density at radius 1 is 1.38 bits per heavy atom. The molecule has 0 fully saturated rings. The average molecular weight is 218 g/mol. The van der Waals surface area contributed by atoms with Crippen LogP contribution in [0.4, 0.5) is 0 Å². The summed E-state index contributed by atoms with van der Waals surface area (Å²) < 4.78 is 1.71. The standard InChI is InChI=1S/C11H14N4O/c1-8-6-12-11(13-7-8)10(16)5-9-3-4-15(2)14-9/h3-4,6-7,10,16H,5H2,1-2H3. The van der Waals surface area contributed by atoms with Crippen molar-refractivity contribution in [2.45, 2.75) is 19.4 Å². The van der Waals surface area contributed by atoms with Gasteiger partial charge in [0.1, 0.15) is 6.10 Å². The Balaban J connectivity index is 2.08. The lowest BCUT2D eigenvalue weighted by Gasteiger charge is -2.06. The molecule has 0 aliphatic heterocycles. The van der Waals surface area contributed by atoms with Gasteiger partial charge in [-0.2, -0.15) is 5.10 Å². The normalized spacial score (nSPS) is 12.7. The molecule has 0 saturated heterocycles. The van der Waals surface area contributed by atoms with Crippen molar-refractivity contribution in [3.8, 4) is 0 Å². The molecule has 0 spiro atoms. The minimum absolute atomic E-state index is 0.434. The van der Waals surface area contributed by atoms with Crippen LogP contribution >= 0.6 is 0 Å². The summed E-state index contributed by atoms with van der Waals surface area (Å²) in [6, 6.07) is 1.87. The summed E-state index contributed by atoms with van der Waals surface area (Å²) in [5, 5.41) is 14.1. The number of aryl methyl sites for hydroxylation is 2. The van der Waals surface area contributed by atoms with E-state index in [1.165, 1.54) is 0 Å². The summed E-state index contributed by atoms with van der Waals surface area (Å²) >= 11 is 0. The molecule has 1 unspecified atom stereocenters. The highest BCUT2D eigenvalue weighted by Gasteiger charge is 2.12. The molecule has 2 heterocycles. The van der Waals surface area contributed by atoms with Crippen LogP contribution in [0.5, 0.6) is 0 Å². The second-order valence-electron chi connectivity index (χ2n) is 3.82. The smallest absolute Gasteiger partial charge is 0.157 e. The number of hydrogen-bond donors (Lipinski definition) is 1. The summed E-state index contributed by atoms with van der Waals surface area (Å²) in [6.45, 7) is 1.91. The Labute approximate surface area is 93.8 Å². The second kappa shape index (κ2) is 4.40. The van der Waals surface area contributed by atoms with Gasteiger partial charge in [-0.3, -0.25) is 4.68 Å². The zero-order chi connectivity index (χ0) is 11.5. The second-order valence-corrected chi connectivity index (χ2v) is 3.82. The molecular formula is C11H14N4O. The maximum atomic E-state index is 9.90. The van der Waals surface area contributed by atoms with E-state index >= 15 is 0 Å². The molecule has 0 saturated carbocycles. The molecule has 0 bridgehead atoms. The molecule has 2 rings (SSSR count). The van der Waals surface area contributed by atoms with Gasteiger partial charge in [0.05, 0.1) is 5.69 Å². The Bertz CT molecular complexity index is 463. The maximum absolute atomic E-state index is 9.90. The Hall–Kier alpha value is -1.75. The lowest BCUT2D eigenvalue weighted by Crippen LogP contribution is -2.07. The highest BCUT2D eigenvalue weighted by atomic mass is 16.3. The summed E-state index contributed by atoms with van der Waals surface area (Å²) in [5.74, 6) is 0.441. The first kappa shape index (κ1) is 10.8. The van der Waals surface area contributed by atoms with Crippen LogP contribution in [-0.2, 0) is 13.5 Å². The van der Waals surface area contributed by atoms with Crippen molar-refractivity contribution in [1.82, 2.24) is 19.7 Å². The number of rotatable bonds is 3. The molecule has 2 aromatic heterocycles. The number of aliphatic hydroxyl groups is 1. The first-order valence-electron chi connectivity index (χ1n) is 5.10. The highest BCUT2D eigenvalue weighted by molar-refractivity contribution is 5.07. The molecule has 2 aromatic rings. The van der Waals surface area contributed by atoms with Crippen LogP contribution in [0.3, 0.4) is 0 Å². The van der Waals surface area contributed by atoms with E-state index < -0.39 is 6.10 Å². The van der Waals surface area contributed by atoms with Gasteiger partial charge in [0.2, 0.25) is 0 Å². The van der Waals surface area contributed by atoms with Crippen molar-refractivity contribution < 1.29 is 5.11 Å². The fraction of sp³-hybridized carbons (Fsp3) is 0.364. The van der Waals surface area contributed by atoms with E-state index in [0.717, 1.165) is 11.3 Å². The van der Waals surface area contributed by atoms with Gasteiger partial charge in [0.15, 0.2) is 5.82 Å². The minimum atomic E-state index is -0.699. The topological polar surface area (TPSA) is 63.8 Å². The molecule has 0 aliphatic rings. The monoisotopic (exact) mass is 218 g/mol. The Kier molecular flexibility index (Phi) is 2.96. The highest BCUT2D eigenvalue weighted by Crippen LogP contribution is 2.12. The number of hydrogen-bond acceptors (Lipinski definition) is 4. The van der Waals surface area contributed by atoms with E-state index in [4.69, 9.17) is 0 Å². The zero-order valence-corrected chi connectivity index (χ0v) is 9.33. The molecule has 5 heteroatoms. The molecule has 5 nitrogen and oxygen atoms in total. The van der Waals surface area contributed by atoms with Crippen molar-refractivity contribution in [2.24, 2.45) is 7.05 Å². The van der Waals surface area contributed by atoms with Gasteiger partial charge in [-0.15, -0.1) is 0 Å². The number of aliphatic hydroxyl groups excluding tert-OH is 1. The van der Waals surface area contributed by atoms with Crippen LogP contribution in [0.2, 0.25) is 0 Å². The third-order valence-corrected chi connectivity index (χ3v) is 2.27. The van der Waals surface area contributed by atoms with Gasteiger partial charge < -0.3 is 5.11 Å². The maximum Gasteiger partial charge on any atom is 0.157 e. The molecule has 1 atom stereocenters. The Morgan fingerprint density at radius 3 is 2.62 bits per heavy atom. The van der Waals surface area contributed by atoms with Crippen LogP contribution in [0.1, 0.15) is 23.2 Å². The summed E-state index contributed by atoms with van der Waals surface area (Å²) in [7, 11) is 1.85. The van der Waals surface area contributed by atoms with Crippen LogP contribution in [0.25, 0.3) is 0 Å². The van der Waals surface area contributed by atoms with Crippen molar-refractivity contribution in [3.05, 3.63) is 41.7 Å². The van der Waals surface area contributed by atoms with E-state index in [-0.39, 0.29) is 0 Å². The lowest BCUT2D eigenvalue weighted by molar-refractivity contribution is 0.167. The number of aromatic nitrogens is 4. The van der Waals surface area contributed by atoms with Crippen molar-refractivity contribution in [1.29, 1.82) is 0 Å². The predicted molar refractivity (Wildman–Crippen MR) is 58.6 cm³/mol. The van der Waals surface area contributed by atoms with Crippen molar-refractivity contribution in [2.75, 3.05) is 0 Å². The predicted octanol–water partition coefficient (Wildman–Crippen LogP) is 0.795. The molecular weight excluding hydrogens is 204 g/mol. The lowest BCUT2D eigenvalue weighted by atomic mass is 10.2. The van der Waals surface area contributed by atoms with E-state index in [2.05, 4.69) is 15.1 Å².